The van der Waals surface area contributed by atoms with Gasteiger partial charge in [-0.05, 0) is 42.8 Å². The Bertz CT molecular complexity index is 1050. The van der Waals surface area contributed by atoms with E-state index in [1.165, 1.54) is 5.56 Å². The quantitative estimate of drug-likeness (QED) is 0.455. The molecule has 0 saturated carbocycles. The number of ether oxygens (including phenoxy) is 3. The van der Waals surface area contributed by atoms with E-state index in [1.807, 2.05) is 73.7 Å². The van der Waals surface area contributed by atoms with Crippen molar-refractivity contribution in [3.63, 3.8) is 0 Å². The molecule has 1 unspecified atom stereocenters. The molecule has 3 aromatic rings. The molecule has 0 saturated heterocycles. The Morgan fingerprint density at radius 3 is 2.61 bits per heavy atom. The molecule has 0 bridgehead atoms. The molecule has 3 aromatic carbocycles. The third-order valence-corrected chi connectivity index (χ3v) is 5.24. The van der Waals surface area contributed by atoms with Gasteiger partial charge in [-0.1, -0.05) is 42.5 Å². The van der Waals surface area contributed by atoms with Crippen LogP contribution in [0.15, 0.2) is 72.8 Å². The zero-order chi connectivity index (χ0) is 22.2. The normalized spacial score (nSPS) is 14.3. The summed E-state index contributed by atoms with van der Waals surface area (Å²) in [5.41, 5.74) is 3.01. The maximum atomic E-state index is 12.2. The molecule has 2 N–H and O–H groups in total. The van der Waals surface area contributed by atoms with Crippen molar-refractivity contribution in [1.82, 2.24) is 5.32 Å². The highest BCUT2D eigenvalue weighted by Gasteiger charge is 2.20. The van der Waals surface area contributed by atoms with Crippen molar-refractivity contribution >= 4 is 24.0 Å². The second kappa shape index (κ2) is 12.1. The molecule has 33 heavy (non-hydrogen) atoms. The lowest BCUT2D eigenvalue weighted by Gasteiger charge is -2.27. The van der Waals surface area contributed by atoms with Gasteiger partial charge >= 0.3 is 0 Å². The molecule has 4 rings (SSSR count). The molecule has 1 amide bonds. The van der Waals surface area contributed by atoms with Gasteiger partial charge in [0, 0.05) is 30.3 Å². The molecule has 174 valence electrons. The van der Waals surface area contributed by atoms with Crippen molar-refractivity contribution < 1.29 is 19.0 Å². The first-order chi connectivity index (χ1) is 15.7. The average Bonchev–Trinajstić information content (AvgIpc) is 2.83. The first-order valence-electron chi connectivity index (χ1n) is 10.9. The minimum absolute atomic E-state index is 0. The number of hydrogen-bond acceptors (Lipinski definition) is 5. The van der Waals surface area contributed by atoms with Crippen LogP contribution in [0.25, 0.3) is 0 Å². The minimum Gasteiger partial charge on any atom is -0.493 e. The standard InChI is InChI=1S/C26H28N2O4.ClH/c1-2-30-25-16-19(17-27-22-14-15-31-23-11-7-6-10-21(22)23)12-13-24(25)32-18-26(29)28-20-8-4-3-5-9-20;/h3-13,16,22,27H,2,14-15,17-18H2,1H3,(H,28,29);1H. The molecule has 1 aliphatic rings. The lowest BCUT2D eigenvalue weighted by atomic mass is 10.0. The number of halogens is 1. The van der Waals surface area contributed by atoms with Crippen LogP contribution in [0.5, 0.6) is 17.2 Å². The van der Waals surface area contributed by atoms with E-state index in [0.29, 0.717) is 31.3 Å². The molecular weight excluding hydrogens is 440 g/mol. The molecule has 0 aromatic heterocycles. The highest BCUT2D eigenvalue weighted by atomic mass is 35.5. The average molecular weight is 469 g/mol. The predicted octanol–water partition coefficient (Wildman–Crippen LogP) is 5.14. The third-order valence-electron chi connectivity index (χ3n) is 5.24. The summed E-state index contributed by atoms with van der Waals surface area (Å²) in [6.45, 7) is 3.74. The highest BCUT2D eigenvalue weighted by molar-refractivity contribution is 5.91. The number of anilines is 1. The topological polar surface area (TPSA) is 68.8 Å². The van der Waals surface area contributed by atoms with Crippen LogP contribution in [0.4, 0.5) is 5.69 Å². The number of amides is 1. The zero-order valence-electron chi connectivity index (χ0n) is 18.6. The summed E-state index contributed by atoms with van der Waals surface area (Å²) in [5, 5.41) is 6.43. The lowest BCUT2D eigenvalue weighted by molar-refractivity contribution is -0.118. The zero-order valence-corrected chi connectivity index (χ0v) is 19.4. The Labute approximate surface area is 200 Å². The minimum atomic E-state index is -0.220. The van der Waals surface area contributed by atoms with E-state index >= 15 is 0 Å². The van der Waals surface area contributed by atoms with Gasteiger partial charge in [0.2, 0.25) is 0 Å². The molecule has 7 heteroatoms. The fourth-order valence-corrected chi connectivity index (χ4v) is 3.71. The number of carbonyl (C=O) groups is 1. The van der Waals surface area contributed by atoms with E-state index in [4.69, 9.17) is 14.2 Å². The summed E-state index contributed by atoms with van der Waals surface area (Å²) in [6, 6.07) is 23.5. The summed E-state index contributed by atoms with van der Waals surface area (Å²) >= 11 is 0. The molecule has 0 spiro atoms. The summed E-state index contributed by atoms with van der Waals surface area (Å²) in [7, 11) is 0. The Morgan fingerprint density at radius 2 is 1.79 bits per heavy atom. The van der Waals surface area contributed by atoms with Crippen molar-refractivity contribution in [2.24, 2.45) is 0 Å². The van der Waals surface area contributed by atoms with Crippen LogP contribution in [-0.2, 0) is 11.3 Å². The van der Waals surface area contributed by atoms with Gasteiger partial charge in [-0.15, -0.1) is 12.4 Å². The van der Waals surface area contributed by atoms with E-state index in [1.54, 1.807) is 0 Å². The molecule has 6 nitrogen and oxygen atoms in total. The van der Waals surface area contributed by atoms with Crippen LogP contribution in [0.3, 0.4) is 0 Å². The van der Waals surface area contributed by atoms with Gasteiger partial charge in [-0.25, -0.2) is 0 Å². The molecule has 1 heterocycles. The third kappa shape index (κ3) is 6.63. The summed E-state index contributed by atoms with van der Waals surface area (Å²) in [6.07, 6.45) is 0.924. The van der Waals surface area contributed by atoms with Crippen LogP contribution in [0.1, 0.15) is 30.5 Å². The fourth-order valence-electron chi connectivity index (χ4n) is 3.71. The van der Waals surface area contributed by atoms with Gasteiger partial charge in [0.1, 0.15) is 5.75 Å². The van der Waals surface area contributed by atoms with E-state index in [0.717, 1.165) is 23.4 Å². The van der Waals surface area contributed by atoms with Gasteiger partial charge in [0.05, 0.1) is 13.2 Å². The predicted molar refractivity (Wildman–Crippen MR) is 132 cm³/mol. The van der Waals surface area contributed by atoms with Crippen LogP contribution in [0.2, 0.25) is 0 Å². The van der Waals surface area contributed by atoms with E-state index < -0.39 is 0 Å². The van der Waals surface area contributed by atoms with Gasteiger partial charge in [0.15, 0.2) is 18.1 Å². The van der Waals surface area contributed by atoms with Gasteiger partial charge in [0.25, 0.3) is 5.91 Å². The first-order valence-corrected chi connectivity index (χ1v) is 10.9. The van der Waals surface area contributed by atoms with Crippen LogP contribution >= 0.6 is 12.4 Å². The van der Waals surface area contributed by atoms with Crippen molar-refractivity contribution in [1.29, 1.82) is 0 Å². The Kier molecular flexibility index (Phi) is 8.98. The Balaban J connectivity index is 0.00000306. The molecule has 0 fully saturated rings. The van der Waals surface area contributed by atoms with Crippen LogP contribution < -0.4 is 24.8 Å². The number of benzene rings is 3. The maximum Gasteiger partial charge on any atom is 0.262 e. The fraction of sp³-hybridized carbons (Fsp3) is 0.269. The summed E-state index contributed by atoms with van der Waals surface area (Å²) < 4.78 is 17.3. The van der Waals surface area contributed by atoms with Gasteiger partial charge < -0.3 is 24.8 Å². The second-order valence-electron chi connectivity index (χ2n) is 7.53. The molecule has 1 atom stereocenters. The molecule has 0 radical (unpaired) electrons. The van der Waals surface area contributed by atoms with Crippen LogP contribution in [0, 0.1) is 0 Å². The van der Waals surface area contributed by atoms with Gasteiger partial charge in [-0.3, -0.25) is 4.79 Å². The van der Waals surface area contributed by atoms with Crippen molar-refractivity contribution in [3.8, 4) is 17.2 Å². The largest absolute Gasteiger partial charge is 0.493 e. The highest BCUT2D eigenvalue weighted by Crippen LogP contribution is 2.33. The van der Waals surface area contributed by atoms with Gasteiger partial charge in [-0.2, -0.15) is 0 Å². The van der Waals surface area contributed by atoms with E-state index in [2.05, 4.69) is 16.7 Å². The van der Waals surface area contributed by atoms with Crippen molar-refractivity contribution in [2.75, 3.05) is 25.1 Å². The lowest BCUT2D eigenvalue weighted by Crippen LogP contribution is -2.26. The second-order valence-corrected chi connectivity index (χ2v) is 7.53. The van der Waals surface area contributed by atoms with E-state index in [9.17, 15) is 4.79 Å². The van der Waals surface area contributed by atoms with E-state index in [-0.39, 0.29) is 31.0 Å². The van der Waals surface area contributed by atoms with Crippen molar-refractivity contribution in [2.45, 2.75) is 25.9 Å². The Hall–Kier alpha value is -3.22. The first kappa shape index (κ1) is 24.4. The molecule has 1 aliphatic heterocycles. The number of para-hydroxylation sites is 2. The smallest absolute Gasteiger partial charge is 0.262 e. The van der Waals surface area contributed by atoms with Crippen LogP contribution in [-0.4, -0.2) is 25.7 Å². The Morgan fingerprint density at radius 1 is 1.00 bits per heavy atom. The number of carbonyl (C=O) groups excluding carboxylic acids is 1. The summed E-state index contributed by atoms with van der Waals surface area (Å²) in [4.78, 5) is 12.2. The number of fused-ring (bicyclic) bond motifs is 1. The SMILES string of the molecule is CCOc1cc(CNC2CCOc3ccccc32)ccc1OCC(=O)Nc1ccccc1.Cl. The summed E-state index contributed by atoms with van der Waals surface area (Å²) in [5.74, 6) is 1.91. The monoisotopic (exact) mass is 468 g/mol. The number of rotatable bonds is 9. The number of nitrogens with one attached hydrogen (secondary N) is 2. The van der Waals surface area contributed by atoms with Crippen molar-refractivity contribution in [3.05, 3.63) is 83.9 Å². The number of hydrogen-bond donors (Lipinski definition) is 2. The molecular formula is C26H29ClN2O4. The maximum absolute atomic E-state index is 12.2. The molecule has 0 aliphatic carbocycles.